The summed E-state index contributed by atoms with van der Waals surface area (Å²) in [6.45, 7) is 0. The molecular weight excluding hydrogens is 382 g/mol. The van der Waals surface area contributed by atoms with Crippen molar-refractivity contribution in [3.63, 3.8) is 0 Å². The van der Waals surface area contributed by atoms with Gasteiger partial charge in [-0.1, -0.05) is 42.1 Å². The topological polar surface area (TPSA) is 58.4 Å². The normalized spacial score (nSPS) is 10.8. The van der Waals surface area contributed by atoms with Gasteiger partial charge in [-0.25, -0.2) is 4.98 Å². The number of nitrogens with zero attached hydrogens (tertiary/aromatic N) is 2. The molecule has 4 rings (SSSR count). The van der Waals surface area contributed by atoms with Crippen LogP contribution in [-0.2, 0) is 5.75 Å². The van der Waals surface area contributed by atoms with Crippen molar-refractivity contribution in [3.05, 3.63) is 83.9 Å². The molecule has 1 heterocycles. The summed E-state index contributed by atoms with van der Waals surface area (Å²) in [6, 6.07) is 23.0. The molecule has 0 radical (unpaired) electrons. The van der Waals surface area contributed by atoms with E-state index in [9.17, 15) is 4.79 Å². The first-order valence-corrected chi connectivity index (χ1v) is 10.2. The number of anilines is 2. The second kappa shape index (κ2) is 8.41. The molecule has 146 valence electrons. The van der Waals surface area contributed by atoms with Crippen LogP contribution in [0.1, 0.15) is 15.9 Å². The van der Waals surface area contributed by atoms with Crippen LogP contribution in [0.2, 0.25) is 0 Å². The molecule has 1 N–H and O–H groups in total. The predicted molar refractivity (Wildman–Crippen MR) is 119 cm³/mol. The van der Waals surface area contributed by atoms with Crippen LogP contribution in [0.4, 0.5) is 11.4 Å². The number of rotatable bonds is 6. The van der Waals surface area contributed by atoms with E-state index in [0.717, 1.165) is 28.0 Å². The SMILES string of the molecule is CN(C)c1ccc(NC(=O)c2ccccc2CSc2nc3ccccc3o2)cc1. The van der Waals surface area contributed by atoms with Crippen LogP contribution >= 0.6 is 11.8 Å². The summed E-state index contributed by atoms with van der Waals surface area (Å²) in [6.07, 6.45) is 0. The van der Waals surface area contributed by atoms with Crippen LogP contribution in [0.25, 0.3) is 11.1 Å². The zero-order valence-electron chi connectivity index (χ0n) is 16.3. The number of para-hydroxylation sites is 2. The Morgan fingerprint density at radius 1 is 1.00 bits per heavy atom. The molecule has 0 aliphatic heterocycles. The molecule has 0 aliphatic rings. The summed E-state index contributed by atoms with van der Waals surface area (Å²) in [7, 11) is 3.97. The van der Waals surface area contributed by atoms with Gasteiger partial charge in [-0.3, -0.25) is 4.79 Å². The highest BCUT2D eigenvalue weighted by Crippen LogP contribution is 2.27. The number of nitrogens with one attached hydrogen (secondary N) is 1. The van der Waals surface area contributed by atoms with Crippen molar-refractivity contribution < 1.29 is 9.21 Å². The molecule has 0 aliphatic carbocycles. The van der Waals surface area contributed by atoms with Gasteiger partial charge in [-0.15, -0.1) is 0 Å². The molecule has 0 fully saturated rings. The Balaban J connectivity index is 1.47. The van der Waals surface area contributed by atoms with Crippen LogP contribution in [-0.4, -0.2) is 25.0 Å². The number of carbonyl (C=O) groups is 1. The smallest absolute Gasteiger partial charge is 0.257 e. The van der Waals surface area contributed by atoms with Gasteiger partial charge in [0.05, 0.1) is 0 Å². The Bertz CT molecular complexity index is 1100. The molecule has 0 saturated heterocycles. The second-order valence-electron chi connectivity index (χ2n) is 6.79. The molecule has 6 heteroatoms. The third kappa shape index (κ3) is 4.43. The largest absolute Gasteiger partial charge is 0.431 e. The minimum Gasteiger partial charge on any atom is -0.431 e. The van der Waals surface area contributed by atoms with E-state index < -0.39 is 0 Å². The molecular formula is C23H21N3O2S. The Morgan fingerprint density at radius 2 is 1.72 bits per heavy atom. The van der Waals surface area contributed by atoms with Crippen LogP contribution < -0.4 is 10.2 Å². The van der Waals surface area contributed by atoms with Gasteiger partial charge >= 0.3 is 0 Å². The predicted octanol–water partition coefficient (Wildman–Crippen LogP) is 5.44. The standard InChI is InChI=1S/C23H21N3O2S/c1-26(2)18-13-11-17(12-14-18)24-22(27)19-8-4-3-7-16(19)15-29-23-25-20-9-5-6-10-21(20)28-23/h3-14H,15H2,1-2H3,(H,24,27). The molecule has 0 spiro atoms. The highest BCUT2D eigenvalue weighted by atomic mass is 32.2. The zero-order valence-corrected chi connectivity index (χ0v) is 17.1. The van der Waals surface area contributed by atoms with Crippen LogP contribution in [0.15, 0.2) is 82.4 Å². The van der Waals surface area contributed by atoms with Gasteiger partial charge in [0.2, 0.25) is 0 Å². The summed E-state index contributed by atoms with van der Waals surface area (Å²) in [5.74, 6) is 0.465. The number of thioether (sulfide) groups is 1. The fourth-order valence-corrected chi connectivity index (χ4v) is 3.80. The van der Waals surface area contributed by atoms with E-state index in [1.807, 2.05) is 91.8 Å². The maximum Gasteiger partial charge on any atom is 0.257 e. The number of fused-ring (bicyclic) bond motifs is 1. The molecule has 0 unspecified atom stereocenters. The van der Waals surface area contributed by atoms with Gasteiger partial charge in [-0.2, -0.15) is 0 Å². The number of hydrogen-bond donors (Lipinski definition) is 1. The number of oxazole rings is 1. The van der Waals surface area contributed by atoms with Crippen LogP contribution in [0, 0.1) is 0 Å². The van der Waals surface area contributed by atoms with Gasteiger partial charge in [0.25, 0.3) is 11.1 Å². The summed E-state index contributed by atoms with van der Waals surface area (Å²) < 4.78 is 5.76. The molecule has 5 nitrogen and oxygen atoms in total. The van der Waals surface area contributed by atoms with Crippen molar-refractivity contribution in [2.45, 2.75) is 11.0 Å². The summed E-state index contributed by atoms with van der Waals surface area (Å²) >= 11 is 1.48. The van der Waals surface area contributed by atoms with Gasteiger partial charge in [-0.05, 0) is 48.0 Å². The Kier molecular flexibility index (Phi) is 5.53. The Labute approximate surface area is 173 Å². The molecule has 0 bridgehead atoms. The average molecular weight is 404 g/mol. The number of amides is 1. The molecule has 0 atom stereocenters. The van der Waals surface area contributed by atoms with E-state index in [1.165, 1.54) is 11.8 Å². The molecule has 0 saturated carbocycles. The van der Waals surface area contributed by atoms with Crippen molar-refractivity contribution in [1.29, 1.82) is 0 Å². The summed E-state index contributed by atoms with van der Waals surface area (Å²) in [4.78, 5) is 19.3. The highest BCUT2D eigenvalue weighted by molar-refractivity contribution is 7.98. The minimum absolute atomic E-state index is 0.128. The molecule has 1 amide bonds. The number of hydrogen-bond acceptors (Lipinski definition) is 5. The fraction of sp³-hybridized carbons (Fsp3) is 0.130. The third-order valence-electron chi connectivity index (χ3n) is 4.53. The molecule has 1 aromatic heterocycles. The van der Waals surface area contributed by atoms with Gasteiger partial charge in [0, 0.05) is 36.8 Å². The lowest BCUT2D eigenvalue weighted by atomic mass is 10.1. The van der Waals surface area contributed by atoms with Crippen molar-refractivity contribution in [3.8, 4) is 0 Å². The molecule has 4 aromatic rings. The quantitative estimate of drug-likeness (QED) is 0.435. The maximum atomic E-state index is 12.8. The van der Waals surface area contributed by atoms with Crippen LogP contribution in [0.5, 0.6) is 0 Å². The first-order chi connectivity index (χ1) is 14.1. The summed E-state index contributed by atoms with van der Waals surface area (Å²) in [5, 5.41) is 3.58. The van der Waals surface area contributed by atoms with Crippen molar-refractivity contribution in [2.75, 3.05) is 24.3 Å². The summed E-state index contributed by atoms with van der Waals surface area (Å²) in [5.41, 5.74) is 5.03. The zero-order chi connectivity index (χ0) is 20.2. The lowest BCUT2D eigenvalue weighted by Gasteiger charge is -2.13. The first-order valence-electron chi connectivity index (χ1n) is 9.25. The maximum absolute atomic E-state index is 12.8. The molecule has 3 aromatic carbocycles. The van der Waals surface area contributed by atoms with Crippen molar-refractivity contribution >= 4 is 40.1 Å². The van der Waals surface area contributed by atoms with E-state index in [2.05, 4.69) is 10.3 Å². The number of carbonyl (C=O) groups excluding carboxylic acids is 1. The molecule has 29 heavy (non-hydrogen) atoms. The number of benzene rings is 3. The Morgan fingerprint density at radius 3 is 2.48 bits per heavy atom. The average Bonchev–Trinajstić information content (AvgIpc) is 3.16. The van der Waals surface area contributed by atoms with E-state index >= 15 is 0 Å². The van der Waals surface area contributed by atoms with E-state index in [4.69, 9.17) is 4.42 Å². The third-order valence-corrected chi connectivity index (χ3v) is 5.41. The lowest BCUT2D eigenvalue weighted by molar-refractivity contribution is 0.102. The van der Waals surface area contributed by atoms with Crippen molar-refractivity contribution in [1.82, 2.24) is 4.98 Å². The van der Waals surface area contributed by atoms with Crippen LogP contribution in [0.3, 0.4) is 0 Å². The monoisotopic (exact) mass is 403 g/mol. The van der Waals surface area contributed by atoms with E-state index in [1.54, 1.807) is 0 Å². The highest BCUT2D eigenvalue weighted by Gasteiger charge is 2.13. The fourth-order valence-electron chi connectivity index (χ4n) is 2.96. The van der Waals surface area contributed by atoms with Gasteiger partial charge in [0.1, 0.15) is 5.52 Å². The van der Waals surface area contributed by atoms with Gasteiger partial charge in [0.15, 0.2) is 5.58 Å². The van der Waals surface area contributed by atoms with E-state index in [-0.39, 0.29) is 5.91 Å². The van der Waals surface area contributed by atoms with E-state index in [0.29, 0.717) is 16.5 Å². The van der Waals surface area contributed by atoms with Gasteiger partial charge < -0.3 is 14.6 Å². The minimum atomic E-state index is -0.128. The number of aromatic nitrogens is 1. The second-order valence-corrected chi connectivity index (χ2v) is 7.72. The Hall–Kier alpha value is -3.25. The lowest BCUT2D eigenvalue weighted by Crippen LogP contribution is -2.14. The first kappa shape index (κ1) is 19.1. The van der Waals surface area contributed by atoms with Crippen molar-refractivity contribution in [2.24, 2.45) is 0 Å².